The van der Waals surface area contributed by atoms with Crippen molar-refractivity contribution < 1.29 is 14.6 Å². The Morgan fingerprint density at radius 1 is 1.37 bits per heavy atom. The minimum absolute atomic E-state index is 0.0737. The maximum Gasteiger partial charge on any atom is 0.345 e. The number of carbonyl (C=O) groups is 1. The van der Waals surface area contributed by atoms with Crippen molar-refractivity contribution in [3.8, 4) is 5.75 Å². The molecule has 8 nitrogen and oxygen atoms in total. The Morgan fingerprint density at radius 3 is 2.81 bits per heavy atom. The van der Waals surface area contributed by atoms with Crippen LogP contribution in [0.4, 0.5) is 11.6 Å². The molecule has 3 aromatic rings. The van der Waals surface area contributed by atoms with Crippen molar-refractivity contribution in [3.05, 3.63) is 46.1 Å². The number of esters is 1. The summed E-state index contributed by atoms with van der Waals surface area (Å²) < 4.78 is 7.33. The molecule has 0 fully saturated rings. The zero-order valence-corrected chi connectivity index (χ0v) is 16.6. The minimum atomic E-state index is -0.554. The quantitative estimate of drug-likeness (QED) is 0.575. The molecular formula is C18H20BrN5O3. The van der Waals surface area contributed by atoms with E-state index in [1.807, 2.05) is 17.9 Å². The summed E-state index contributed by atoms with van der Waals surface area (Å²) in [4.78, 5) is 18.8. The Morgan fingerprint density at radius 2 is 2.15 bits per heavy atom. The number of phenolic OH excluding ortho intramolecular Hbond substituents is 1. The number of carbonyl (C=O) groups excluding carboxylic acids is 1. The van der Waals surface area contributed by atoms with Gasteiger partial charge in [0.15, 0.2) is 11.5 Å². The van der Waals surface area contributed by atoms with Crippen LogP contribution in [0.5, 0.6) is 5.75 Å². The fourth-order valence-corrected chi connectivity index (χ4v) is 3.24. The largest absolute Gasteiger partial charge is 0.508 e. The van der Waals surface area contributed by atoms with Gasteiger partial charge in [-0.1, -0.05) is 22.0 Å². The van der Waals surface area contributed by atoms with Crippen molar-refractivity contribution in [1.82, 2.24) is 14.6 Å². The Balaban J connectivity index is 2.02. The molecule has 0 aliphatic heterocycles. The van der Waals surface area contributed by atoms with E-state index in [9.17, 15) is 9.90 Å². The van der Waals surface area contributed by atoms with Crippen LogP contribution >= 0.6 is 15.9 Å². The number of fused-ring (bicyclic) bond motifs is 1. The predicted molar refractivity (Wildman–Crippen MR) is 106 cm³/mol. The van der Waals surface area contributed by atoms with Crippen LogP contribution in [-0.4, -0.2) is 38.8 Å². The molecule has 0 bridgehead atoms. The Labute approximate surface area is 164 Å². The summed E-state index contributed by atoms with van der Waals surface area (Å²) in [5.41, 5.74) is 7.11. The molecule has 0 amide bonds. The van der Waals surface area contributed by atoms with Gasteiger partial charge in [-0.15, -0.1) is 5.10 Å². The Kier molecular flexibility index (Phi) is 5.50. The van der Waals surface area contributed by atoms with Crippen molar-refractivity contribution in [3.63, 3.8) is 0 Å². The number of hydrogen-bond donors (Lipinski definition) is 2. The van der Waals surface area contributed by atoms with Crippen LogP contribution in [0.3, 0.4) is 0 Å². The number of aromatic nitrogens is 3. The molecule has 3 rings (SSSR count). The van der Waals surface area contributed by atoms with Crippen molar-refractivity contribution in [2.24, 2.45) is 0 Å². The number of ether oxygens (including phenoxy) is 1. The molecule has 3 N–H and O–H groups in total. The van der Waals surface area contributed by atoms with Crippen LogP contribution < -0.4 is 10.6 Å². The fourth-order valence-electron chi connectivity index (χ4n) is 2.76. The van der Waals surface area contributed by atoms with Gasteiger partial charge in [0.1, 0.15) is 17.1 Å². The third-order valence-electron chi connectivity index (χ3n) is 4.13. The molecule has 0 saturated carbocycles. The summed E-state index contributed by atoms with van der Waals surface area (Å²) in [6.07, 6.45) is 1.69. The number of nitrogens with two attached hydrogens (primary N) is 1. The highest BCUT2D eigenvalue weighted by molar-refractivity contribution is 9.10. The average Bonchev–Trinajstić information content (AvgIpc) is 2.96. The van der Waals surface area contributed by atoms with Crippen LogP contribution in [0, 0.1) is 0 Å². The zero-order valence-electron chi connectivity index (χ0n) is 15.0. The molecule has 0 aliphatic carbocycles. The highest BCUT2D eigenvalue weighted by atomic mass is 79.9. The molecule has 9 heteroatoms. The molecule has 0 saturated heterocycles. The number of aromatic hydroxyl groups is 1. The molecule has 2 aromatic heterocycles. The van der Waals surface area contributed by atoms with Gasteiger partial charge in [-0.3, -0.25) is 0 Å². The molecular weight excluding hydrogens is 414 g/mol. The third-order valence-corrected chi connectivity index (χ3v) is 4.87. The summed E-state index contributed by atoms with van der Waals surface area (Å²) in [5.74, 6) is 0.348. The van der Waals surface area contributed by atoms with E-state index in [-0.39, 0.29) is 23.7 Å². The monoisotopic (exact) mass is 433 g/mol. The van der Waals surface area contributed by atoms with E-state index in [2.05, 4.69) is 26.0 Å². The van der Waals surface area contributed by atoms with E-state index in [4.69, 9.17) is 10.5 Å². The number of hydrogen-bond acceptors (Lipinski definition) is 7. The van der Waals surface area contributed by atoms with Crippen molar-refractivity contribution in [2.45, 2.75) is 20.4 Å². The smallest absolute Gasteiger partial charge is 0.345 e. The minimum Gasteiger partial charge on any atom is -0.508 e. The predicted octanol–water partition coefficient (Wildman–Crippen LogP) is 2.98. The van der Waals surface area contributed by atoms with Crippen LogP contribution in [0.1, 0.15) is 29.8 Å². The molecule has 0 aliphatic rings. The van der Waals surface area contributed by atoms with Gasteiger partial charge in [0.05, 0.1) is 6.61 Å². The van der Waals surface area contributed by atoms with Crippen LogP contribution in [0.25, 0.3) is 5.65 Å². The standard InChI is InChI=1S/C18H20BrN5O3/c1-3-23(10-11-12(19)6-5-7-13(11)25)14-8-9-24-17(21-14)15(16(20)22-24)18(26)27-4-2/h5-9,25H,3-4,10H2,1-2H3,(H2,20,22). The van der Waals surface area contributed by atoms with Crippen LogP contribution in [0.15, 0.2) is 34.9 Å². The first-order chi connectivity index (χ1) is 13.0. The van der Waals surface area contributed by atoms with Gasteiger partial charge in [0.2, 0.25) is 0 Å². The van der Waals surface area contributed by atoms with Gasteiger partial charge in [-0.2, -0.15) is 0 Å². The molecule has 0 spiro atoms. The van der Waals surface area contributed by atoms with Gasteiger partial charge in [-0.05, 0) is 32.0 Å². The van der Waals surface area contributed by atoms with Gasteiger partial charge in [0, 0.05) is 29.3 Å². The molecule has 0 radical (unpaired) electrons. The van der Waals surface area contributed by atoms with Crippen molar-refractivity contribution >= 4 is 39.2 Å². The number of benzene rings is 1. The second-order valence-electron chi connectivity index (χ2n) is 5.79. The SMILES string of the molecule is CCOC(=O)c1c(N)nn2ccc(N(CC)Cc3c(O)cccc3Br)nc12. The molecule has 142 valence electrons. The summed E-state index contributed by atoms with van der Waals surface area (Å²) in [6.45, 7) is 5.02. The lowest BCUT2D eigenvalue weighted by molar-refractivity contribution is 0.0529. The van der Waals surface area contributed by atoms with E-state index >= 15 is 0 Å². The van der Waals surface area contributed by atoms with Crippen LogP contribution in [-0.2, 0) is 11.3 Å². The van der Waals surface area contributed by atoms with Gasteiger partial charge in [-0.25, -0.2) is 14.3 Å². The Hall–Kier alpha value is -2.81. The number of phenols is 1. The van der Waals surface area contributed by atoms with E-state index in [1.54, 1.807) is 31.3 Å². The lowest BCUT2D eigenvalue weighted by Gasteiger charge is -2.23. The maximum absolute atomic E-state index is 12.2. The van der Waals surface area contributed by atoms with Gasteiger partial charge < -0.3 is 20.5 Å². The van der Waals surface area contributed by atoms with E-state index < -0.39 is 5.97 Å². The average molecular weight is 434 g/mol. The summed E-state index contributed by atoms with van der Waals surface area (Å²) in [5, 5.41) is 14.3. The van der Waals surface area contributed by atoms with E-state index in [0.717, 1.165) is 10.0 Å². The summed E-state index contributed by atoms with van der Waals surface area (Å²) in [7, 11) is 0. The highest BCUT2D eigenvalue weighted by Gasteiger charge is 2.22. The first-order valence-corrected chi connectivity index (χ1v) is 9.28. The number of halogens is 1. The highest BCUT2D eigenvalue weighted by Crippen LogP contribution is 2.29. The maximum atomic E-state index is 12.2. The molecule has 27 heavy (non-hydrogen) atoms. The van der Waals surface area contributed by atoms with E-state index in [0.29, 0.717) is 24.6 Å². The summed E-state index contributed by atoms with van der Waals surface area (Å²) in [6, 6.07) is 7.06. The molecule has 0 unspecified atom stereocenters. The van der Waals surface area contributed by atoms with Crippen LogP contribution in [0.2, 0.25) is 0 Å². The lowest BCUT2D eigenvalue weighted by Crippen LogP contribution is -2.23. The second-order valence-corrected chi connectivity index (χ2v) is 6.64. The number of nitrogen functional groups attached to an aromatic ring is 1. The second kappa shape index (κ2) is 7.83. The number of nitrogens with zero attached hydrogens (tertiary/aromatic N) is 4. The third kappa shape index (κ3) is 3.68. The van der Waals surface area contributed by atoms with Gasteiger partial charge >= 0.3 is 5.97 Å². The van der Waals surface area contributed by atoms with Gasteiger partial charge in [0.25, 0.3) is 0 Å². The molecule has 1 aromatic carbocycles. The lowest BCUT2D eigenvalue weighted by atomic mass is 10.2. The number of rotatable bonds is 6. The topological polar surface area (TPSA) is 106 Å². The first-order valence-electron chi connectivity index (χ1n) is 8.49. The van der Waals surface area contributed by atoms with E-state index in [1.165, 1.54) is 4.52 Å². The molecule has 2 heterocycles. The fraction of sp³-hybridized carbons (Fsp3) is 0.278. The van der Waals surface area contributed by atoms with Crippen molar-refractivity contribution in [2.75, 3.05) is 23.8 Å². The number of anilines is 2. The molecule has 0 atom stereocenters. The first kappa shape index (κ1) is 19.0. The normalized spacial score (nSPS) is 10.9. The zero-order chi connectivity index (χ0) is 19.6. The summed E-state index contributed by atoms with van der Waals surface area (Å²) >= 11 is 3.47. The van der Waals surface area contributed by atoms with Crippen molar-refractivity contribution in [1.29, 1.82) is 0 Å². The Bertz CT molecular complexity index is 968.